The van der Waals surface area contributed by atoms with E-state index in [1.807, 2.05) is 0 Å². The number of aliphatic carboxylic acids is 1. The average Bonchev–Trinajstić information content (AvgIpc) is 3.00. The van der Waals surface area contributed by atoms with Crippen molar-refractivity contribution in [3.63, 3.8) is 0 Å². The third-order valence-corrected chi connectivity index (χ3v) is 4.48. The van der Waals surface area contributed by atoms with Gasteiger partial charge >= 0.3 is 5.97 Å². The van der Waals surface area contributed by atoms with Gasteiger partial charge in [0.15, 0.2) is 0 Å². The molecule has 4 nitrogen and oxygen atoms in total. The third kappa shape index (κ3) is 4.08. The van der Waals surface area contributed by atoms with Crippen LogP contribution < -0.4 is 4.74 Å². The Bertz CT molecular complexity index is 769. The minimum Gasteiger partial charge on any atom is -0.489 e. The number of ether oxygens (including phenoxy) is 1. The first-order valence-corrected chi connectivity index (χ1v) is 8.16. The molecule has 1 aliphatic heterocycles. The molecule has 1 heterocycles. The van der Waals surface area contributed by atoms with Gasteiger partial charge in [-0.15, -0.1) is 0 Å². The van der Waals surface area contributed by atoms with Crippen molar-refractivity contribution in [3.8, 4) is 5.75 Å². The number of rotatable bonds is 5. The predicted octanol–water partition coefficient (Wildman–Crippen LogP) is 3.90. The van der Waals surface area contributed by atoms with E-state index in [2.05, 4.69) is 0 Å². The molecule has 0 bridgehead atoms. The number of hydrogen-bond acceptors (Lipinski definition) is 3. The molecule has 2 aromatic carbocycles. The van der Waals surface area contributed by atoms with E-state index < -0.39 is 17.8 Å². The molecule has 0 saturated carbocycles. The van der Waals surface area contributed by atoms with E-state index in [0.717, 1.165) is 6.07 Å². The Morgan fingerprint density at radius 2 is 1.88 bits per heavy atom. The van der Waals surface area contributed by atoms with Crippen molar-refractivity contribution in [3.05, 3.63) is 64.7 Å². The van der Waals surface area contributed by atoms with Crippen molar-refractivity contribution in [1.82, 2.24) is 4.90 Å². The summed E-state index contributed by atoms with van der Waals surface area (Å²) in [7, 11) is 0. The van der Waals surface area contributed by atoms with Crippen LogP contribution in [0.3, 0.4) is 0 Å². The van der Waals surface area contributed by atoms with Gasteiger partial charge in [0.2, 0.25) is 0 Å². The number of benzene rings is 2. The molecule has 0 aromatic heterocycles. The Labute approximate surface area is 148 Å². The number of carboxylic acid groups (broad SMARTS) is 1. The minimum atomic E-state index is -1.06. The van der Waals surface area contributed by atoms with Gasteiger partial charge in [0.1, 0.15) is 29.5 Å². The molecule has 1 N–H and O–H groups in total. The highest BCUT2D eigenvalue weighted by Crippen LogP contribution is 2.32. The first kappa shape index (κ1) is 17.6. The van der Waals surface area contributed by atoms with Gasteiger partial charge in [-0.05, 0) is 48.4 Å². The highest BCUT2D eigenvalue weighted by molar-refractivity contribution is 6.31. The van der Waals surface area contributed by atoms with E-state index >= 15 is 0 Å². The van der Waals surface area contributed by atoms with Crippen LogP contribution in [-0.4, -0.2) is 35.2 Å². The van der Waals surface area contributed by atoms with Gasteiger partial charge in [0.25, 0.3) is 0 Å². The fourth-order valence-corrected chi connectivity index (χ4v) is 3.27. The van der Waals surface area contributed by atoms with Crippen LogP contribution in [0.25, 0.3) is 0 Å². The van der Waals surface area contributed by atoms with Crippen molar-refractivity contribution in [2.24, 2.45) is 0 Å². The zero-order valence-electron chi connectivity index (χ0n) is 13.2. The molecule has 0 amide bonds. The average molecular weight is 368 g/mol. The molecule has 1 saturated heterocycles. The second-order valence-corrected chi connectivity index (χ2v) is 6.29. The monoisotopic (exact) mass is 367 g/mol. The zero-order valence-corrected chi connectivity index (χ0v) is 13.9. The zero-order chi connectivity index (χ0) is 18.0. The van der Waals surface area contributed by atoms with Gasteiger partial charge in [-0.1, -0.05) is 17.7 Å². The second kappa shape index (κ2) is 7.37. The third-order valence-electron chi connectivity index (χ3n) is 4.15. The molecule has 7 heteroatoms. The summed E-state index contributed by atoms with van der Waals surface area (Å²) in [6.45, 7) is 0.874. The second-order valence-electron chi connectivity index (χ2n) is 5.88. The van der Waals surface area contributed by atoms with E-state index in [-0.39, 0.29) is 16.9 Å². The van der Waals surface area contributed by atoms with E-state index in [4.69, 9.17) is 16.3 Å². The van der Waals surface area contributed by atoms with Gasteiger partial charge in [0.05, 0.1) is 0 Å². The number of carbonyl (C=O) groups is 1. The first-order chi connectivity index (χ1) is 11.9. The normalized spacial score (nSPS) is 18.9. The Morgan fingerprint density at radius 1 is 1.20 bits per heavy atom. The highest BCUT2D eigenvalue weighted by atomic mass is 35.5. The summed E-state index contributed by atoms with van der Waals surface area (Å²) >= 11 is 6.03. The molecule has 0 spiro atoms. The quantitative estimate of drug-likeness (QED) is 0.870. The Morgan fingerprint density at radius 3 is 2.52 bits per heavy atom. The van der Waals surface area contributed by atoms with Crippen molar-refractivity contribution in [2.45, 2.75) is 18.6 Å². The van der Waals surface area contributed by atoms with E-state index in [1.165, 1.54) is 36.4 Å². The Balaban J connectivity index is 1.73. The minimum absolute atomic E-state index is 0.0790. The highest BCUT2D eigenvalue weighted by Gasteiger charge is 2.35. The van der Waals surface area contributed by atoms with Gasteiger partial charge < -0.3 is 9.84 Å². The lowest BCUT2D eigenvalue weighted by Gasteiger charge is -2.25. The Kier molecular flexibility index (Phi) is 5.20. The fraction of sp³-hybridized carbons (Fsp3) is 0.278. The number of likely N-dealkylation sites (tertiary alicyclic amines) is 1. The maximum Gasteiger partial charge on any atom is 0.325 e. The molecule has 0 aliphatic carbocycles. The van der Waals surface area contributed by atoms with Crippen molar-refractivity contribution < 1.29 is 23.4 Å². The lowest BCUT2D eigenvalue weighted by atomic mass is 10.1. The van der Waals surface area contributed by atoms with Crippen LogP contribution in [0.5, 0.6) is 5.75 Å². The van der Waals surface area contributed by atoms with Crippen LogP contribution >= 0.6 is 11.6 Å². The number of nitrogens with zero attached hydrogens (tertiary/aromatic N) is 1. The van der Waals surface area contributed by atoms with Crippen molar-refractivity contribution >= 4 is 17.6 Å². The molecule has 25 heavy (non-hydrogen) atoms. The summed E-state index contributed by atoms with van der Waals surface area (Å²) in [4.78, 5) is 13.5. The maximum absolute atomic E-state index is 13.2. The summed E-state index contributed by atoms with van der Waals surface area (Å²) < 4.78 is 32.0. The molecule has 132 valence electrons. The molecule has 1 fully saturated rings. The van der Waals surface area contributed by atoms with E-state index in [0.29, 0.717) is 30.8 Å². The first-order valence-electron chi connectivity index (χ1n) is 7.78. The Hall–Kier alpha value is -2.18. The van der Waals surface area contributed by atoms with Crippen molar-refractivity contribution in [2.75, 3.05) is 13.1 Å². The molecule has 3 rings (SSSR count). The van der Waals surface area contributed by atoms with Crippen LogP contribution in [0.2, 0.25) is 5.02 Å². The van der Waals surface area contributed by atoms with Crippen LogP contribution in [0, 0.1) is 11.6 Å². The number of halogens is 3. The van der Waals surface area contributed by atoms with Crippen LogP contribution in [0.4, 0.5) is 8.78 Å². The SMILES string of the molecule is O=C(O)C(c1ccc(F)cc1Cl)N1CC[C@H](Oc2ccc(F)cc2)C1. The predicted molar refractivity (Wildman–Crippen MR) is 88.8 cm³/mol. The summed E-state index contributed by atoms with van der Waals surface area (Å²) in [5.41, 5.74) is 0.345. The summed E-state index contributed by atoms with van der Waals surface area (Å²) in [6.07, 6.45) is 0.409. The smallest absolute Gasteiger partial charge is 0.325 e. The van der Waals surface area contributed by atoms with E-state index in [9.17, 15) is 18.7 Å². The maximum atomic E-state index is 13.2. The summed E-state index contributed by atoms with van der Waals surface area (Å²) in [6, 6.07) is 8.39. The van der Waals surface area contributed by atoms with Gasteiger partial charge in [-0.2, -0.15) is 0 Å². The van der Waals surface area contributed by atoms with Crippen LogP contribution in [0.15, 0.2) is 42.5 Å². The largest absolute Gasteiger partial charge is 0.489 e. The standard InChI is InChI=1S/C18H16ClF2NO3/c19-16-9-12(21)3-6-15(16)17(18(23)24)22-8-7-14(10-22)25-13-4-1-11(20)2-5-13/h1-6,9,14,17H,7-8,10H2,(H,23,24)/t14-,17?/m0/s1. The van der Waals surface area contributed by atoms with E-state index in [1.54, 1.807) is 4.90 Å². The van der Waals surface area contributed by atoms with Crippen LogP contribution in [0.1, 0.15) is 18.0 Å². The number of carboxylic acids is 1. The topological polar surface area (TPSA) is 49.8 Å². The van der Waals surface area contributed by atoms with Gasteiger partial charge in [0, 0.05) is 18.1 Å². The van der Waals surface area contributed by atoms with Gasteiger partial charge in [-0.25, -0.2) is 8.78 Å². The molecular formula is C18H16ClF2NO3. The van der Waals surface area contributed by atoms with Crippen molar-refractivity contribution in [1.29, 1.82) is 0 Å². The van der Waals surface area contributed by atoms with Crippen LogP contribution in [-0.2, 0) is 4.79 Å². The molecule has 1 unspecified atom stereocenters. The fourth-order valence-electron chi connectivity index (χ4n) is 3.00. The molecule has 1 aliphatic rings. The van der Waals surface area contributed by atoms with Gasteiger partial charge in [-0.3, -0.25) is 9.69 Å². The summed E-state index contributed by atoms with van der Waals surface area (Å²) in [5.74, 6) is -1.40. The summed E-state index contributed by atoms with van der Waals surface area (Å²) in [5, 5.41) is 9.69. The lowest BCUT2D eigenvalue weighted by Crippen LogP contribution is -2.34. The molecule has 2 atom stereocenters. The molecule has 2 aromatic rings. The number of hydrogen-bond donors (Lipinski definition) is 1. The molecular weight excluding hydrogens is 352 g/mol. The molecule has 0 radical (unpaired) electrons. The lowest BCUT2D eigenvalue weighted by molar-refractivity contribution is -0.143.